The van der Waals surface area contributed by atoms with Gasteiger partial charge in [-0.2, -0.15) is 0 Å². The van der Waals surface area contributed by atoms with Crippen LogP contribution in [0.15, 0.2) is 0 Å². The summed E-state index contributed by atoms with van der Waals surface area (Å²) in [6.07, 6.45) is 7.99. The second kappa shape index (κ2) is 6.09. The van der Waals surface area contributed by atoms with Crippen LogP contribution in [-0.4, -0.2) is 25.0 Å². The lowest BCUT2D eigenvalue weighted by molar-refractivity contribution is 0.344. The molecule has 0 aromatic rings. The molecule has 0 heterocycles. The average molecular weight is 193 g/mol. The van der Waals surface area contributed by atoms with Crippen LogP contribution in [0.25, 0.3) is 0 Å². The Morgan fingerprint density at radius 3 is 2.36 bits per heavy atom. The zero-order valence-corrected chi connectivity index (χ0v) is 9.84. The Hall–Kier alpha value is -0.480. The van der Waals surface area contributed by atoms with Gasteiger partial charge in [-0.25, -0.2) is 0 Å². The van der Waals surface area contributed by atoms with Gasteiger partial charge in [0.05, 0.1) is 6.04 Å². The Bertz CT molecular complexity index is 203. The van der Waals surface area contributed by atoms with Crippen LogP contribution in [0.4, 0.5) is 0 Å². The summed E-state index contributed by atoms with van der Waals surface area (Å²) in [4.78, 5) is 2.22. The van der Waals surface area contributed by atoms with Crippen molar-refractivity contribution in [3.63, 3.8) is 0 Å². The Kier molecular flexibility index (Phi) is 5.04. The number of nitrogens with zero attached hydrogens (tertiary/aromatic N) is 1. The normalized spacial score (nSPS) is 20.3. The van der Waals surface area contributed by atoms with Gasteiger partial charge in [-0.05, 0) is 33.4 Å². The van der Waals surface area contributed by atoms with Crippen LogP contribution < -0.4 is 0 Å². The minimum absolute atomic E-state index is 0.455. The van der Waals surface area contributed by atoms with Crippen molar-refractivity contribution >= 4 is 0 Å². The van der Waals surface area contributed by atoms with Crippen molar-refractivity contribution < 1.29 is 0 Å². The molecule has 1 saturated carbocycles. The highest BCUT2D eigenvalue weighted by Gasteiger charge is 2.11. The highest BCUT2D eigenvalue weighted by molar-refractivity contribution is 5.10. The van der Waals surface area contributed by atoms with Gasteiger partial charge in [-0.1, -0.05) is 38.0 Å². The van der Waals surface area contributed by atoms with Crippen LogP contribution in [0.2, 0.25) is 0 Å². The third-order valence-corrected chi connectivity index (χ3v) is 3.07. The van der Waals surface area contributed by atoms with Gasteiger partial charge in [0, 0.05) is 5.92 Å². The van der Waals surface area contributed by atoms with Gasteiger partial charge in [0.2, 0.25) is 0 Å². The van der Waals surface area contributed by atoms with Crippen LogP contribution in [-0.2, 0) is 0 Å². The predicted octanol–water partition coefficient (Wildman–Crippen LogP) is 2.91. The fourth-order valence-corrected chi connectivity index (χ4v) is 2.06. The Balaban J connectivity index is 2.42. The van der Waals surface area contributed by atoms with Gasteiger partial charge in [0.25, 0.3) is 0 Å². The smallest absolute Gasteiger partial charge is 0.0707 e. The Morgan fingerprint density at radius 1 is 1.21 bits per heavy atom. The zero-order chi connectivity index (χ0) is 10.4. The summed E-state index contributed by atoms with van der Waals surface area (Å²) in [6, 6.07) is 0.455. The molecule has 1 aliphatic carbocycles. The SMILES string of the molecule is CCC(C#CC1CCCCC1)N(C)C. The largest absolute Gasteiger partial charge is 0.296 e. The van der Waals surface area contributed by atoms with E-state index < -0.39 is 0 Å². The summed E-state index contributed by atoms with van der Waals surface area (Å²) in [5, 5.41) is 0. The van der Waals surface area contributed by atoms with E-state index >= 15 is 0 Å². The summed E-state index contributed by atoms with van der Waals surface area (Å²) >= 11 is 0. The van der Waals surface area contributed by atoms with Crippen LogP contribution in [0.5, 0.6) is 0 Å². The van der Waals surface area contributed by atoms with E-state index in [-0.39, 0.29) is 0 Å². The van der Waals surface area contributed by atoms with E-state index in [4.69, 9.17) is 0 Å². The van der Waals surface area contributed by atoms with E-state index in [0.29, 0.717) is 12.0 Å². The molecule has 0 N–H and O–H groups in total. The molecule has 0 saturated heterocycles. The maximum absolute atomic E-state index is 3.46. The van der Waals surface area contributed by atoms with Gasteiger partial charge in [0.1, 0.15) is 0 Å². The van der Waals surface area contributed by atoms with Crippen molar-refractivity contribution in [3.05, 3.63) is 0 Å². The molecular weight excluding hydrogens is 170 g/mol. The van der Waals surface area contributed by atoms with Crippen molar-refractivity contribution in [2.24, 2.45) is 5.92 Å². The predicted molar refractivity (Wildman–Crippen MR) is 62.1 cm³/mol. The molecule has 1 heteroatoms. The van der Waals surface area contributed by atoms with Gasteiger partial charge in [-0.15, -0.1) is 0 Å². The summed E-state index contributed by atoms with van der Waals surface area (Å²) < 4.78 is 0. The lowest BCUT2D eigenvalue weighted by Gasteiger charge is -2.19. The maximum atomic E-state index is 3.46. The summed E-state index contributed by atoms with van der Waals surface area (Å²) in [7, 11) is 4.23. The quantitative estimate of drug-likeness (QED) is 0.610. The summed E-state index contributed by atoms with van der Waals surface area (Å²) in [6.45, 7) is 2.21. The maximum Gasteiger partial charge on any atom is 0.0707 e. The number of rotatable bonds is 2. The first-order valence-electron chi connectivity index (χ1n) is 5.91. The van der Waals surface area contributed by atoms with Crippen LogP contribution in [0.3, 0.4) is 0 Å². The fraction of sp³-hybridized carbons (Fsp3) is 0.846. The molecule has 1 atom stereocenters. The van der Waals surface area contributed by atoms with E-state index in [1.165, 1.54) is 32.1 Å². The van der Waals surface area contributed by atoms with Crippen molar-refractivity contribution in [1.29, 1.82) is 0 Å². The van der Waals surface area contributed by atoms with Gasteiger partial charge in [0.15, 0.2) is 0 Å². The van der Waals surface area contributed by atoms with E-state index in [1.807, 2.05) is 0 Å². The highest BCUT2D eigenvalue weighted by Crippen LogP contribution is 2.22. The van der Waals surface area contributed by atoms with E-state index in [2.05, 4.69) is 37.8 Å². The molecule has 1 unspecified atom stereocenters. The van der Waals surface area contributed by atoms with Crippen LogP contribution in [0.1, 0.15) is 45.4 Å². The molecule has 1 rings (SSSR count). The van der Waals surface area contributed by atoms with Gasteiger partial charge >= 0.3 is 0 Å². The molecule has 0 spiro atoms. The second-order valence-electron chi connectivity index (χ2n) is 4.51. The molecule has 0 bridgehead atoms. The first kappa shape index (κ1) is 11.6. The molecule has 14 heavy (non-hydrogen) atoms. The molecule has 0 amide bonds. The topological polar surface area (TPSA) is 3.24 Å². The van der Waals surface area contributed by atoms with Gasteiger partial charge < -0.3 is 0 Å². The monoisotopic (exact) mass is 193 g/mol. The number of hydrogen-bond donors (Lipinski definition) is 0. The van der Waals surface area contributed by atoms with E-state index in [9.17, 15) is 0 Å². The summed E-state index contributed by atoms with van der Waals surface area (Å²) in [5.41, 5.74) is 0. The van der Waals surface area contributed by atoms with Crippen LogP contribution in [0, 0.1) is 17.8 Å². The zero-order valence-electron chi connectivity index (χ0n) is 9.84. The second-order valence-corrected chi connectivity index (χ2v) is 4.51. The standard InChI is InChI=1S/C13H23N/c1-4-13(14(2)3)11-10-12-8-6-5-7-9-12/h12-13H,4-9H2,1-3H3. The van der Waals surface area contributed by atoms with Crippen molar-refractivity contribution in [1.82, 2.24) is 4.90 Å². The molecule has 0 aliphatic heterocycles. The Labute approximate surface area is 88.9 Å². The van der Waals surface area contributed by atoms with Crippen molar-refractivity contribution in [2.45, 2.75) is 51.5 Å². The molecule has 0 aromatic carbocycles. The fourth-order valence-electron chi connectivity index (χ4n) is 2.06. The molecule has 80 valence electrons. The highest BCUT2D eigenvalue weighted by atomic mass is 15.1. The lowest BCUT2D eigenvalue weighted by Crippen LogP contribution is -2.25. The van der Waals surface area contributed by atoms with E-state index in [0.717, 1.165) is 6.42 Å². The lowest BCUT2D eigenvalue weighted by atomic mass is 9.89. The molecule has 1 fully saturated rings. The third-order valence-electron chi connectivity index (χ3n) is 3.07. The first-order chi connectivity index (χ1) is 6.74. The van der Waals surface area contributed by atoms with Gasteiger partial charge in [-0.3, -0.25) is 4.90 Å². The minimum atomic E-state index is 0.455. The van der Waals surface area contributed by atoms with Crippen LogP contribution >= 0.6 is 0 Å². The minimum Gasteiger partial charge on any atom is -0.296 e. The van der Waals surface area contributed by atoms with Crippen molar-refractivity contribution in [3.8, 4) is 11.8 Å². The molecule has 1 nitrogen and oxygen atoms in total. The third kappa shape index (κ3) is 3.72. The molecule has 0 aromatic heterocycles. The molecule has 1 aliphatic rings. The first-order valence-corrected chi connectivity index (χ1v) is 5.91. The number of hydrogen-bond acceptors (Lipinski definition) is 1. The summed E-state index contributed by atoms with van der Waals surface area (Å²) in [5.74, 6) is 7.57. The Morgan fingerprint density at radius 2 is 1.86 bits per heavy atom. The van der Waals surface area contributed by atoms with Crippen molar-refractivity contribution in [2.75, 3.05) is 14.1 Å². The molecule has 0 radical (unpaired) electrons. The average Bonchev–Trinajstić information content (AvgIpc) is 2.20. The molecular formula is C13H23N. The van der Waals surface area contributed by atoms with E-state index in [1.54, 1.807) is 0 Å².